The van der Waals surface area contributed by atoms with Crippen molar-refractivity contribution < 1.29 is 8.42 Å². The second-order valence-corrected chi connectivity index (χ2v) is 8.19. The van der Waals surface area contributed by atoms with Gasteiger partial charge in [0.2, 0.25) is 0 Å². The lowest BCUT2D eigenvalue weighted by Gasteiger charge is -2.09. The summed E-state index contributed by atoms with van der Waals surface area (Å²) >= 11 is 5.93. The second-order valence-electron chi connectivity index (χ2n) is 5.74. The first-order valence-electron chi connectivity index (χ1n) is 7.43. The SMILES string of the molecule is Cc1cn(-c2ccc(S(C)(=O)=O)cc2)c(Cc2ccc(Cl)cc2)n1. The van der Waals surface area contributed by atoms with E-state index in [0.29, 0.717) is 16.3 Å². The first kappa shape index (κ1) is 16.7. The van der Waals surface area contributed by atoms with Crippen LogP contribution in [0.4, 0.5) is 0 Å². The molecule has 0 aliphatic heterocycles. The molecule has 2 aromatic carbocycles. The second kappa shape index (κ2) is 6.42. The first-order chi connectivity index (χ1) is 11.3. The molecule has 4 nitrogen and oxygen atoms in total. The number of sulfone groups is 1. The van der Waals surface area contributed by atoms with Crippen LogP contribution in [0.1, 0.15) is 17.1 Å². The van der Waals surface area contributed by atoms with Crippen molar-refractivity contribution in [1.82, 2.24) is 9.55 Å². The molecule has 0 radical (unpaired) electrons. The summed E-state index contributed by atoms with van der Waals surface area (Å²) in [5.41, 5.74) is 2.90. The third-order valence-corrected chi connectivity index (χ3v) is 5.10. The number of benzene rings is 2. The highest BCUT2D eigenvalue weighted by molar-refractivity contribution is 7.90. The van der Waals surface area contributed by atoms with E-state index in [4.69, 9.17) is 11.6 Å². The average molecular weight is 361 g/mol. The molecule has 0 aliphatic carbocycles. The molecule has 6 heteroatoms. The molecule has 0 fully saturated rings. The summed E-state index contributed by atoms with van der Waals surface area (Å²) in [5, 5.41) is 0.703. The zero-order valence-electron chi connectivity index (χ0n) is 13.4. The fourth-order valence-electron chi connectivity index (χ4n) is 2.53. The minimum atomic E-state index is -3.20. The highest BCUT2D eigenvalue weighted by Crippen LogP contribution is 2.19. The molecule has 0 bridgehead atoms. The molecule has 0 amide bonds. The summed E-state index contributed by atoms with van der Waals surface area (Å²) in [4.78, 5) is 4.90. The van der Waals surface area contributed by atoms with E-state index in [-0.39, 0.29) is 0 Å². The minimum absolute atomic E-state index is 0.308. The van der Waals surface area contributed by atoms with Crippen LogP contribution in [-0.4, -0.2) is 24.2 Å². The van der Waals surface area contributed by atoms with Crippen molar-refractivity contribution in [2.75, 3.05) is 6.26 Å². The third kappa shape index (κ3) is 3.68. The average Bonchev–Trinajstić information content (AvgIpc) is 2.89. The van der Waals surface area contributed by atoms with Gasteiger partial charge in [0.15, 0.2) is 9.84 Å². The van der Waals surface area contributed by atoms with Crippen LogP contribution in [0, 0.1) is 6.92 Å². The summed E-state index contributed by atoms with van der Waals surface area (Å²) in [6.45, 7) is 1.94. The molecule has 0 saturated carbocycles. The van der Waals surface area contributed by atoms with E-state index in [0.717, 1.165) is 22.8 Å². The molecule has 3 aromatic rings. The molecule has 0 unspecified atom stereocenters. The molecule has 24 heavy (non-hydrogen) atoms. The van der Waals surface area contributed by atoms with E-state index in [2.05, 4.69) is 4.98 Å². The molecule has 1 aromatic heterocycles. The quantitative estimate of drug-likeness (QED) is 0.710. The van der Waals surface area contributed by atoms with Crippen molar-refractivity contribution in [2.45, 2.75) is 18.2 Å². The molecule has 0 aliphatic rings. The maximum absolute atomic E-state index is 11.6. The van der Waals surface area contributed by atoms with Crippen LogP contribution >= 0.6 is 11.6 Å². The Morgan fingerprint density at radius 3 is 2.25 bits per heavy atom. The Morgan fingerprint density at radius 1 is 1.04 bits per heavy atom. The number of nitrogens with zero attached hydrogens (tertiary/aromatic N) is 2. The summed E-state index contributed by atoms with van der Waals surface area (Å²) in [7, 11) is -3.20. The predicted octanol–water partition coefficient (Wildman–Crippen LogP) is 3.83. The van der Waals surface area contributed by atoms with Crippen LogP contribution in [0.25, 0.3) is 5.69 Å². The van der Waals surface area contributed by atoms with Gasteiger partial charge in [-0.3, -0.25) is 0 Å². The highest BCUT2D eigenvalue weighted by atomic mass is 35.5. The number of aryl methyl sites for hydroxylation is 1. The van der Waals surface area contributed by atoms with E-state index in [9.17, 15) is 8.42 Å². The zero-order chi connectivity index (χ0) is 17.3. The van der Waals surface area contributed by atoms with Gasteiger partial charge in [-0.25, -0.2) is 13.4 Å². The molecule has 0 N–H and O–H groups in total. The van der Waals surface area contributed by atoms with Crippen LogP contribution in [0.2, 0.25) is 5.02 Å². The highest BCUT2D eigenvalue weighted by Gasteiger charge is 2.11. The Balaban J connectivity index is 1.95. The molecule has 124 valence electrons. The number of rotatable bonds is 4. The van der Waals surface area contributed by atoms with Crippen LogP contribution in [-0.2, 0) is 16.3 Å². The van der Waals surface area contributed by atoms with E-state index < -0.39 is 9.84 Å². The Morgan fingerprint density at radius 2 is 1.67 bits per heavy atom. The van der Waals surface area contributed by atoms with E-state index >= 15 is 0 Å². The van der Waals surface area contributed by atoms with Crippen LogP contribution in [0.15, 0.2) is 59.6 Å². The molecule has 0 saturated heterocycles. The van der Waals surface area contributed by atoms with Gasteiger partial charge in [-0.15, -0.1) is 0 Å². The Labute approximate surface area is 146 Å². The van der Waals surface area contributed by atoms with Gasteiger partial charge < -0.3 is 4.57 Å². The Hall–Kier alpha value is -2.11. The molecule has 3 rings (SSSR count). The third-order valence-electron chi connectivity index (χ3n) is 3.72. The first-order valence-corrected chi connectivity index (χ1v) is 9.70. The van der Waals surface area contributed by atoms with Crippen molar-refractivity contribution >= 4 is 21.4 Å². The zero-order valence-corrected chi connectivity index (χ0v) is 15.0. The summed E-state index contributed by atoms with van der Waals surface area (Å²) in [5.74, 6) is 0.891. The lowest BCUT2D eigenvalue weighted by atomic mass is 10.1. The van der Waals surface area contributed by atoms with Gasteiger partial charge in [0, 0.05) is 29.6 Å². The lowest BCUT2D eigenvalue weighted by molar-refractivity contribution is 0.602. The molecular weight excluding hydrogens is 344 g/mol. The van der Waals surface area contributed by atoms with Gasteiger partial charge in [-0.1, -0.05) is 23.7 Å². The van der Waals surface area contributed by atoms with Gasteiger partial charge >= 0.3 is 0 Å². The normalized spacial score (nSPS) is 11.6. The van der Waals surface area contributed by atoms with Crippen molar-refractivity contribution in [1.29, 1.82) is 0 Å². The van der Waals surface area contributed by atoms with Crippen LogP contribution in [0.5, 0.6) is 0 Å². The van der Waals surface area contributed by atoms with E-state index in [1.165, 1.54) is 6.26 Å². The van der Waals surface area contributed by atoms with Gasteiger partial charge in [0.25, 0.3) is 0 Å². The number of aromatic nitrogens is 2. The predicted molar refractivity (Wildman–Crippen MR) is 95.7 cm³/mol. The fraction of sp³-hybridized carbons (Fsp3) is 0.167. The maximum Gasteiger partial charge on any atom is 0.175 e. The fourth-order valence-corrected chi connectivity index (χ4v) is 3.29. The van der Waals surface area contributed by atoms with E-state index in [1.807, 2.05) is 42.0 Å². The summed E-state index contributed by atoms with van der Waals surface area (Å²) < 4.78 is 25.2. The number of imidazole rings is 1. The van der Waals surface area contributed by atoms with Crippen molar-refractivity contribution in [3.8, 4) is 5.69 Å². The maximum atomic E-state index is 11.6. The lowest BCUT2D eigenvalue weighted by Crippen LogP contribution is -2.03. The van der Waals surface area contributed by atoms with Crippen LogP contribution in [0.3, 0.4) is 0 Å². The number of hydrogen-bond acceptors (Lipinski definition) is 3. The van der Waals surface area contributed by atoms with Gasteiger partial charge in [0.05, 0.1) is 10.6 Å². The van der Waals surface area contributed by atoms with Crippen molar-refractivity contribution in [3.05, 3.63) is 76.8 Å². The van der Waals surface area contributed by atoms with Gasteiger partial charge in [-0.05, 0) is 48.9 Å². The summed E-state index contributed by atoms with van der Waals surface area (Å²) in [6.07, 6.45) is 3.81. The molecule has 1 heterocycles. The largest absolute Gasteiger partial charge is 0.303 e. The minimum Gasteiger partial charge on any atom is -0.303 e. The molecular formula is C18H17ClN2O2S. The summed E-state index contributed by atoms with van der Waals surface area (Å²) in [6, 6.07) is 14.5. The smallest absolute Gasteiger partial charge is 0.175 e. The Kier molecular flexibility index (Phi) is 4.47. The molecule has 0 atom stereocenters. The monoisotopic (exact) mass is 360 g/mol. The van der Waals surface area contributed by atoms with Gasteiger partial charge in [0.1, 0.15) is 5.82 Å². The van der Waals surface area contributed by atoms with Crippen molar-refractivity contribution in [2.24, 2.45) is 0 Å². The molecule has 0 spiro atoms. The van der Waals surface area contributed by atoms with Crippen LogP contribution < -0.4 is 0 Å². The number of hydrogen-bond donors (Lipinski definition) is 0. The standard InChI is InChI=1S/C18H17ClN2O2S/c1-13-12-21(16-7-9-17(10-8-16)24(2,22)23)18(20-13)11-14-3-5-15(19)6-4-14/h3-10,12H,11H2,1-2H3. The van der Waals surface area contributed by atoms with Gasteiger partial charge in [-0.2, -0.15) is 0 Å². The van der Waals surface area contributed by atoms with E-state index in [1.54, 1.807) is 24.3 Å². The van der Waals surface area contributed by atoms with Crippen molar-refractivity contribution in [3.63, 3.8) is 0 Å². The topological polar surface area (TPSA) is 52.0 Å². The number of halogens is 1. The Bertz CT molecular complexity index is 959.